The Balaban J connectivity index is -0.0000000480. The van der Waals surface area contributed by atoms with E-state index in [4.69, 9.17) is 21.7 Å². The van der Waals surface area contributed by atoms with Crippen molar-refractivity contribution in [3.8, 4) is 0 Å². The quantitative estimate of drug-likeness (QED) is 0.388. The van der Waals surface area contributed by atoms with Gasteiger partial charge in [0.1, 0.15) is 0 Å². The molecule has 0 aliphatic rings. The van der Waals surface area contributed by atoms with E-state index >= 15 is 0 Å². The summed E-state index contributed by atoms with van der Waals surface area (Å²) in [5.41, 5.74) is 9.41. The number of carbonyl (C=O) groups excluding carboxylic acids is 2. The van der Waals surface area contributed by atoms with E-state index in [-0.39, 0.29) is 27.7 Å². The maximum absolute atomic E-state index is 9.53. The zero-order chi connectivity index (χ0) is 11.7. The average Bonchev–Trinajstić information content (AvgIpc) is 2.15. The summed E-state index contributed by atoms with van der Waals surface area (Å²) in [6.07, 6.45) is 0. The summed E-state index contributed by atoms with van der Waals surface area (Å²) in [6.45, 7) is -1.13. The molecule has 0 amide bonds. The third kappa shape index (κ3) is 21.1. The van der Waals surface area contributed by atoms with Crippen LogP contribution in [0.25, 0.3) is 0 Å². The minimum Gasteiger partial charge on any atom is -0.548 e. The van der Waals surface area contributed by atoms with E-state index in [2.05, 4.69) is 0 Å². The molecule has 107 valence electrons. The Kier molecular flexibility index (Phi) is 30.9. The molecule has 2 atom stereocenters. The van der Waals surface area contributed by atoms with Crippen molar-refractivity contribution in [3.63, 3.8) is 0 Å². The van der Waals surface area contributed by atoms with Gasteiger partial charge in [-0.2, -0.15) is 0 Å². The smallest absolute Gasteiger partial charge is 0.548 e. The Morgan fingerprint density at radius 3 is 1.12 bits per heavy atom. The molecule has 10 N–H and O–H groups in total. The van der Waals surface area contributed by atoms with Crippen LogP contribution in [-0.4, -0.2) is 58.4 Å². The number of aliphatic hydroxyl groups excluding tert-OH is 2. The molecule has 10 nitrogen and oxygen atoms in total. The van der Waals surface area contributed by atoms with Gasteiger partial charge in [0, 0.05) is 0 Å². The third-order valence-corrected chi connectivity index (χ3v) is 0.999. The Morgan fingerprint density at radius 2 is 1.12 bits per heavy atom. The molecule has 1 radical (unpaired) electrons. The van der Waals surface area contributed by atoms with Gasteiger partial charge in [-0.1, -0.05) is 0 Å². The van der Waals surface area contributed by atoms with E-state index < -0.39 is 37.2 Å². The number of hydrogen-bond donors (Lipinski definition) is 4. The standard InChI is InChI=1S/2C3H7NO3.Co.2H2O/c2*4-2(1-5)3(6)7;;;/h2*2,5H,1,4H2,(H,6,7);;2*1H2/q;;+2;;/p-2. The Labute approximate surface area is 107 Å². The molecule has 0 bridgehead atoms. The van der Waals surface area contributed by atoms with Crippen LogP contribution in [0.2, 0.25) is 0 Å². The van der Waals surface area contributed by atoms with Crippen LogP contribution in [0, 0.1) is 0 Å². The van der Waals surface area contributed by atoms with Gasteiger partial charge in [-0.15, -0.1) is 0 Å². The fourth-order valence-corrected chi connectivity index (χ4v) is 0.149. The molecule has 0 heterocycles. The summed E-state index contributed by atoms with van der Waals surface area (Å²) >= 11 is 0. The molecule has 0 saturated heterocycles. The summed E-state index contributed by atoms with van der Waals surface area (Å²) in [7, 11) is 0. The van der Waals surface area contributed by atoms with E-state index in [0.29, 0.717) is 0 Å². The number of nitrogens with two attached hydrogens (primary N) is 2. The second-order valence-corrected chi connectivity index (χ2v) is 2.22. The van der Waals surface area contributed by atoms with Gasteiger partial charge in [-0.25, -0.2) is 0 Å². The molecule has 0 aliphatic heterocycles. The minimum absolute atomic E-state index is 0. The van der Waals surface area contributed by atoms with Crippen molar-refractivity contribution in [2.24, 2.45) is 11.5 Å². The zero-order valence-electron chi connectivity index (χ0n) is 8.58. The number of carboxylic acids is 2. The van der Waals surface area contributed by atoms with Crippen LogP contribution >= 0.6 is 0 Å². The zero-order valence-corrected chi connectivity index (χ0v) is 9.63. The fourth-order valence-electron chi connectivity index (χ4n) is 0.149. The van der Waals surface area contributed by atoms with Gasteiger partial charge in [-0.05, 0) is 0 Å². The molecule has 0 aromatic rings. The van der Waals surface area contributed by atoms with Crippen LogP contribution in [0.15, 0.2) is 0 Å². The molecule has 11 heteroatoms. The van der Waals surface area contributed by atoms with Gasteiger partial charge in [0.05, 0.1) is 37.2 Å². The summed E-state index contributed by atoms with van der Waals surface area (Å²) in [5.74, 6) is -2.86. The molecular formula is C6H16CoN2O8. The first-order chi connectivity index (χ1) is 6.36. The first kappa shape index (κ1) is 29.8. The minimum atomic E-state index is -1.43. The van der Waals surface area contributed by atoms with Crippen molar-refractivity contribution in [1.82, 2.24) is 0 Å². The Bertz CT molecular complexity index is 173. The van der Waals surface area contributed by atoms with Crippen LogP contribution in [0.3, 0.4) is 0 Å². The van der Waals surface area contributed by atoms with E-state index in [1.165, 1.54) is 0 Å². The Morgan fingerprint density at radius 1 is 0.941 bits per heavy atom. The van der Waals surface area contributed by atoms with Crippen LogP contribution < -0.4 is 21.7 Å². The molecule has 0 rings (SSSR count). The molecule has 2 unspecified atom stereocenters. The predicted molar refractivity (Wildman–Crippen MR) is 47.4 cm³/mol. The van der Waals surface area contributed by atoms with E-state index in [0.717, 1.165) is 0 Å². The molecule has 0 aromatic heterocycles. The van der Waals surface area contributed by atoms with Crippen molar-refractivity contribution in [2.75, 3.05) is 13.2 Å². The van der Waals surface area contributed by atoms with Crippen LogP contribution in [-0.2, 0) is 26.4 Å². The fraction of sp³-hybridized carbons (Fsp3) is 0.667. The van der Waals surface area contributed by atoms with E-state index in [1.54, 1.807) is 0 Å². The molecule has 0 saturated carbocycles. The number of carboxylic acid groups (broad SMARTS) is 2. The molecule has 17 heavy (non-hydrogen) atoms. The largest absolute Gasteiger partial charge is 2.00 e. The predicted octanol–water partition coefficient (Wildman–Crippen LogP) is -7.54. The number of hydrogen-bond acceptors (Lipinski definition) is 8. The van der Waals surface area contributed by atoms with Gasteiger partial charge in [-0.3, -0.25) is 0 Å². The van der Waals surface area contributed by atoms with Crippen molar-refractivity contribution in [1.29, 1.82) is 0 Å². The normalized spacial score (nSPS) is 11.1. The topological polar surface area (TPSA) is 236 Å². The van der Waals surface area contributed by atoms with Gasteiger partial charge < -0.3 is 52.4 Å². The van der Waals surface area contributed by atoms with Gasteiger partial charge in [0.25, 0.3) is 0 Å². The first-order valence-corrected chi connectivity index (χ1v) is 3.51. The number of rotatable bonds is 4. The molecule has 0 aliphatic carbocycles. The van der Waals surface area contributed by atoms with E-state index in [9.17, 15) is 19.8 Å². The second-order valence-electron chi connectivity index (χ2n) is 2.22. The maximum Gasteiger partial charge on any atom is 2.00 e. The van der Waals surface area contributed by atoms with Gasteiger partial charge in [0.15, 0.2) is 0 Å². The SMILES string of the molecule is NC(CO)C(=O)[O-].NC(CO)C(=O)[O-].O.O.[Co+2]. The number of carbonyl (C=O) groups is 2. The van der Waals surface area contributed by atoms with Crippen molar-refractivity contribution in [2.45, 2.75) is 12.1 Å². The summed E-state index contributed by atoms with van der Waals surface area (Å²) in [4.78, 5) is 19.1. The number of aliphatic hydroxyl groups is 2. The van der Waals surface area contributed by atoms with Gasteiger partial charge in [0.2, 0.25) is 0 Å². The van der Waals surface area contributed by atoms with Crippen LogP contribution in [0.5, 0.6) is 0 Å². The first-order valence-electron chi connectivity index (χ1n) is 3.51. The maximum atomic E-state index is 9.53. The van der Waals surface area contributed by atoms with Crippen LogP contribution in [0.1, 0.15) is 0 Å². The molecule has 0 aromatic carbocycles. The van der Waals surface area contributed by atoms with Crippen LogP contribution in [0.4, 0.5) is 0 Å². The van der Waals surface area contributed by atoms with Crippen molar-refractivity contribution >= 4 is 11.9 Å². The van der Waals surface area contributed by atoms with Crippen molar-refractivity contribution < 1.29 is 57.7 Å². The second kappa shape index (κ2) is 17.6. The van der Waals surface area contributed by atoms with Gasteiger partial charge >= 0.3 is 16.8 Å². The number of aliphatic carboxylic acids is 2. The summed E-state index contributed by atoms with van der Waals surface area (Å²) < 4.78 is 0. The van der Waals surface area contributed by atoms with E-state index in [1.807, 2.05) is 0 Å². The average molecular weight is 303 g/mol. The summed E-state index contributed by atoms with van der Waals surface area (Å²) in [6, 6.07) is -2.47. The molecular weight excluding hydrogens is 287 g/mol. The Hall–Kier alpha value is -0.794. The third-order valence-electron chi connectivity index (χ3n) is 0.999. The summed E-state index contributed by atoms with van der Waals surface area (Å²) in [5, 5.41) is 35.0. The molecule has 0 fully saturated rings. The molecule has 0 spiro atoms. The monoisotopic (exact) mass is 303 g/mol. The van der Waals surface area contributed by atoms with Crippen molar-refractivity contribution in [3.05, 3.63) is 0 Å².